The second-order valence-corrected chi connectivity index (χ2v) is 7.93. The van der Waals surface area contributed by atoms with Crippen LogP contribution >= 0.6 is 0 Å². The van der Waals surface area contributed by atoms with Gasteiger partial charge in [-0.3, -0.25) is 9.59 Å². The minimum atomic E-state index is -0.475. The minimum absolute atomic E-state index is 0.0541. The van der Waals surface area contributed by atoms with E-state index in [1.54, 1.807) is 7.11 Å². The molecule has 162 valence electrons. The van der Waals surface area contributed by atoms with Crippen LogP contribution in [0, 0.1) is 0 Å². The van der Waals surface area contributed by atoms with Crippen LogP contribution in [0.2, 0.25) is 0 Å². The number of benzene rings is 3. The zero-order chi connectivity index (χ0) is 22.5. The number of anilines is 2. The zero-order valence-electron chi connectivity index (χ0n) is 18.2. The van der Waals surface area contributed by atoms with E-state index in [4.69, 9.17) is 4.74 Å². The van der Waals surface area contributed by atoms with Gasteiger partial charge in [0.15, 0.2) is 0 Å². The number of hydrogen-bond donors (Lipinski definition) is 2. The Morgan fingerprint density at radius 3 is 2.19 bits per heavy atom. The molecule has 32 heavy (non-hydrogen) atoms. The van der Waals surface area contributed by atoms with Crippen molar-refractivity contribution in [2.45, 2.75) is 18.9 Å². The largest absolute Gasteiger partial charge is 0.497 e. The van der Waals surface area contributed by atoms with Gasteiger partial charge in [0.1, 0.15) is 5.75 Å². The van der Waals surface area contributed by atoms with Crippen LogP contribution < -0.4 is 26.2 Å². The van der Waals surface area contributed by atoms with E-state index in [1.165, 1.54) is 11.6 Å². The predicted molar refractivity (Wildman–Crippen MR) is 129 cm³/mol. The molecule has 0 fully saturated rings. The Morgan fingerprint density at radius 2 is 1.53 bits per heavy atom. The van der Waals surface area contributed by atoms with Crippen molar-refractivity contribution in [3.8, 4) is 5.75 Å². The summed E-state index contributed by atoms with van der Waals surface area (Å²) in [5.74, 6) is 1.14. The highest BCUT2D eigenvalue weighted by Crippen LogP contribution is 2.28. The first-order valence-corrected chi connectivity index (χ1v) is 10.6. The molecule has 0 aromatic heterocycles. The molecular formula is C27H26N2O3. The van der Waals surface area contributed by atoms with Crippen LogP contribution in [0.3, 0.4) is 0 Å². The summed E-state index contributed by atoms with van der Waals surface area (Å²) < 4.78 is 5.31. The first-order chi connectivity index (χ1) is 15.5. The van der Waals surface area contributed by atoms with Gasteiger partial charge in [0.2, 0.25) is 10.9 Å². The number of hydrogen-bond acceptors (Lipinski definition) is 5. The molecule has 0 saturated carbocycles. The van der Waals surface area contributed by atoms with Gasteiger partial charge < -0.3 is 15.4 Å². The summed E-state index contributed by atoms with van der Waals surface area (Å²) in [6.07, 6.45) is 0. The third-order valence-electron chi connectivity index (χ3n) is 5.69. The van der Waals surface area contributed by atoms with Crippen molar-refractivity contribution in [1.29, 1.82) is 0 Å². The summed E-state index contributed by atoms with van der Waals surface area (Å²) in [4.78, 5) is 22.9. The van der Waals surface area contributed by atoms with E-state index in [2.05, 4.69) is 60.0 Å². The fourth-order valence-electron chi connectivity index (χ4n) is 3.78. The highest BCUT2D eigenvalue weighted by atomic mass is 16.5. The summed E-state index contributed by atoms with van der Waals surface area (Å²) >= 11 is 0. The monoisotopic (exact) mass is 426 g/mol. The lowest BCUT2D eigenvalue weighted by Gasteiger charge is -2.23. The van der Waals surface area contributed by atoms with E-state index in [-0.39, 0.29) is 6.04 Å². The molecule has 0 spiro atoms. The minimum Gasteiger partial charge on any atom is -0.497 e. The molecule has 0 saturated heterocycles. The summed E-state index contributed by atoms with van der Waals surface area (Å²) in [7, 11) is 1.66. The fourth-order valence-corrected chi connectivity index (χ4v) is 3.78. The third kappa shape index (κ3) is 4.79. The fraction of sp³-hybridized carbons (Fsp3) is 0.185. The van der Waals surface area contributed by atoms with Crippen molar-refractivity contribution in [3.63, 3.8) is 0 Å². The molecule has 0 heterocycles. The lowest BCUT2D eigenvalue weighted by atomic mass is 9.96. The highest BCUT2D eigenvalue weighted by Gasteiger charge is 2.17. The van der Waals surface area contributed by atoms with Crippen LogP contribution in [0.25, 0.3) is 0 Å². The molecule has 4 rings (SSSR count). The SMILES string of the molecule is COc1ccc(C(NCC(C)c2ccccc2)c2cccc(Nc3cc(=O)c3=O)c2)cc1. The zero-order valence-corrected chi connectivity index (χ0v) is 18.2. The van der Waals surface area contributed by atoms with Gasteiger partial charge in [0, 0.05) is 18.3 Å². The van der Waals surface area contributed by atoms with E-state index in [9.17, 15) is 9.59 Å². The lowest BCUT2D eigenvalue weighted by molar-refractivity contribution is 0.414. The van der Waals surface area contributed by atoms with Crippen LogP contribution in [0.1, 0.15) is 35.6 Å². The lowest BCUT2D eigenvalue weighted by Crippen LogP contribution is -2.31. The Kier molecular flexibility index (Phi) is 6.47. The van der Waals surface area contributed by atoms with E-state index in [0.29, 0.717) is 11.6 Å². The van der Waals surface area contributed by atoms with Crippen LogP contribution in [0.15, 0.2) is 94.5 Å². The predicted octanol–water partition coefficient (Wildman–Crippen LogP) is 4.52. The smallest absolute Gasteiger partial charge is 0.249 e. The maximum Gasteiger partial charge on any atom is 0.249 e. The van der Waals surface area contributed by atoms with Gasteiger partial charge in [-0.15, -0.1) is 0 Å². The Labute approximate surface area is 187 Å². The number of rotatable bonds is 9. The average molecular weight is 427 g/mol. The Bertz CT molecular complexity index is 1240. The molecule has 5 nitrogen and oxygen atoms in total. The normalized spacial score (nSPS) is 12.9. The molecule has 2 N–H and O–H groups in total. The Balaban J connectivity index is 1.59. The van der Waals surface area contributed by atoms with Gasteiger partial charge in [0.05, 0.1) is 18.8 Å². The molecule has 5 heteroatoms. The van der Waals surface area contributed by atoms with E-state index >= 15 is 0 Å². The molecule has 0 radical (unpaired) electrons. The third-order valence-corrected chi connectivity index (χ3v) is 5.69. The van der Waals surface area contributed by atoms with Crippen molar-refractivity contribution in [2.24, 2.45) is 0 Å². The van der Waals surface area contributed by atoms with Gasteiger partial charge in [-0.1, -0.05) is 61.5 Å². The quantitative estimate of drug-likeness (QED) is 0.385. The van der Waals surface area contributed by atoms with Gasteiger partial charge in [-0.2, -0.15) is 0 Å². The van der Waals surface area contributed by atoms with Crippen molar-refractivity contribution < 1.29 is 4.74 Å². The first-order valence-electron chi connectivity index (χ1n) is 10.6. The van der Waals surface area contributed by atoms with Crippen molar-refractivity contribution >= 4 is 11.4 Å². The molecule has 0 bridgehead atoms. The number of ether oxygens (including phenoxy) is 1. The molecule has 0 amide bonds. The molecule has 2 atom stereocenters. The summed E-state index contributed by atoms with van der Waals surface area (Å²) in [6.45, 7) is 2.99. The molecule has 0 aliphatic heterocycles. The van der Waals surface area contributed by atoms with Crippen molar-refractivity contribution in [3.05, 3.63) is 122 Å². The summed E-state index contributed by atoms with van der Waals surface area (Å²) in [6, 6.07) is 27.6. The Hall–Kier alpha value is -3.70. The maximum absolute atomic E-state index is 11.7. The van der Waals surface area contributed by atoms with Gasteiger partial charge in [0.25, 0.3) is 0 Å². The van der Waals surface area contributed by atoms with Crippen LogP contribution in [0.5, 0.6) is 5.75 Å². The molecule has 0 aliphatic rings. The molecule has 4 aromatic rings. The average Bonchev–Trinajstić information content (AvgIpc) is 2.85. The second-order valence-electron chi connectivity index (χ2n) is 7.93. The van der Waals surface area contributed by atoms with E-state index in [1.807, 2.05) is 36.4 Å². The highest BCUT2D eigenvalue weighted by molar-refractivity contribution is 5.62. The van der Waals surface area contributed by atoms with Crippen molar-refractivity contribution in [2.75, 3.05) is 19.0 Å². The van der Waals surface area contributed by atoms with Gasteiger partial charge >= 0.3 is 0 Å². The van der Waals surface area contributed by atoms with Crippen LogP contribution in [-0.4, -0.2) is 13.7 Å². The molecular weight excluding hydrogens is 400 g/mol. The van der Waals surface area contributed by atoms with E-state index < -0.39 is 10.9 Å². The Morgan fingerprint density at radius 1 is 0.812 bits per heavy atom. The van der Waals surface area contributed by atoms with Crippen LogP contribution in [-0.2, 0) is 0 Å². The van der Waals surface area contributed by atoms with Gasteiger partial charge in [-0.05, 0) is 46.9 Å². The second kappa shape index (κ2) is 9.62. The number of nitrogens with one attached hydrogen (secondary N) is 2. The first kappa shape index (κ1) is 21.5. The summed E-state index contributed by atoms with van der Waals surface area (Å²) in [5, 5.41) is 6.77. The molecule has 2 unspecified atom stereocenters. The molecule has 0 aliphatic carbocycles. The number of methoxy groups -OCH3 is 1. The maximum atomic E-state index is 11.7. The van der Waals surface area contributed by atoms with Gasteiger partial charge in [-0.25, -0.2) is 0 Å². The van der Waals surface area contributed by atoms with Crippen LogP contribution in [0.4, 0.5) is 11.4 Å². The molecule has 4 aromatic carbocycles. The van der Waals surface area contributed by atoms with Crippen molar-refractivity contribution in [1.82, 2.24) is 5.32 Å². The topological polar surface area (TPSA) is 67.4 Å². The standard InChI is InChI=1S/C27H26N2O3/c1-18(19-7-4-3-5-8-19)17-28-26(20-11-13-23(32-2)14-12-20)21-9-6-10-22(15-21)29-24-16-25(30)27(24)31/h3-16,18,26,28-29H,17H2,1-2H3. The summed E-state index contributed by atoms with van der Waals surface area (Å²) in [5.41, 5.74) is 3.61. The van der Waals surface area contributed by atoms with E-state index in [0.717, 1.165) is 29.1 Å².